The average molecular weight is 369 g/mol. The van der Waals surface area contributed by atoms with Crippen LogP contribution in [0.1, 0.15) is 12.8 Å². The van der Waals surface area contributed by atoms with Gasteiger partial charge >= 0.3 is 6.03 Å². The maximum atomic E-state index is 12.5. The first-order valence-electron chi connectivity index (χ1n) is 8.81. The Kier molecular flexibility index (Phi) is 3.68. The highest BCUT2D eigenvalue weighted by atomic mass is 32.1. The second-order valence-corrected chi connectivity index (χ2v) is 8.04. The molecule has 1 aromatic carbocycles. The Bertz CT molecular complexity index is 934. The Balaban J connectivity index is 1.29. The number of urea groups is 1. The van der Waals surface area contributed by atoms with Crippen molar-refractivity contribution in [2.75, 3.05) is 18.4 Å². The van der Waals surface area contributed by atoms with E-state index in [1.807, 2.05) is 35.2 Å². The third-order valence-electron chi connectivity index (χ3n) is 5.47. The molecule has 1 saturated heterocycles. The fourth-order valence-electron chi connectivity index (χ4n) is 4.10. The number of benzene rings is 1. The number of anilines is 1. The fraction of sp³-hybridized carbons (Fsp3) is 0.389. The van der Waals surface area contributed by atoms with Gasteiger partial charge in [0, 0.05) is 24.5 Å². The van der Waals surface area contributed by atoms with Gasteiger partial charge in [-0.3, -0.25) is 5.32 Å². The lowest BCUT2D eigenvalue weighted by Crippen LogP contribution is -2.36. The molecule has 3 N–H and O–H groups in total. The molecule has 1 aliphatic carbocycles. The molecule has 2 aliphatic rings. The van der Waals surface area contributed by atoms with Crippen LogP contribution < -0.4 is 11.1 Å². The van der Waals surface area contributed by atoms with Crippen LogP contribution in [0, 0.1) is 11.8 Å². The number of nitrogens with one attached hydrogen (secondary N) is 1. The van der Waals surface area contributed by atoms with Crippen LogP contribution in [0.5, 0.6) is 0 Å². The van der Waals surface area contributed by atoms with Crippen molar-refractivity contribution >= 4 is 33.5 Å². The Morgan fingerprint density at radius 1 is 1.27 bits per heavy atom. The third-order valence-corrected chi connectivity index (χ3v) is 6.33. The van der Waals surface area contributed by atoms with Crippen molar-refractivity contribution in [1.29, 1.82) is 0 Å². The average Bonchev–Trinajstić information content (AvgIpc) is 3.38. The van der Waals surface area contributed by atoms with E-state index >= 15 is 0 Å². The Morgan fingerprint density at radius 2 is 2.15 bits per heavy atom. The maximum absolute atomic E-state index is 12.5. The molecule has 134 valence electrons. The van der Waals surface area contributed by atoms with Gasteiger partial charge in [0.2, 0.25) is 5.13 Å². The molecule has 2 aromatic heterocycles. The van der Waals surface area contributed by atoms with E-state index in [2.05, 4.69) is 15.5 Å². The molecule has 3 heterocycles. The number of para-hydroxylation sites is 1. The predicted molar refractivity (Wildman–Crippen MR) is 99.9 cm³/mol. The molecule has 26 heavy (non-hydrogen) atoms. The van der Waals surface area contributed by atoms with Crippen molar-refractivity contribution in [3.8, 4) is 10.8 Å². The number of fused-ring (bicyclic) bond motifs is 2. The standard InChI is InChI=1S/C18H19N5O2S/c19-13-6-5-11-8-23(9-12(11)13)18(24)20-17-22-21-16(26-17)15-7-10-3-1-2-4-14(10)25-15/h1-4,7,11-13H,5-6,8-9,19H2,(H,20,22,24). The minimum atomic E-state index is -0.126. The fourth-order valence-corrected chi connectivity index (χ4v) is 4.79. The molecule has 0 bridgehead atoms. The van der Waals surface area contributed by atoms with E-state index in [1.165, 1.54) is 11.3 Å². The number of carbonyl (C=O) groups is 1. The summed E-state index contributed by atoms with van der Waals surface area (Å²) in [5, 5.41) is 13.2. The molecule has 1 aliphatic heterocycles. The van der Waals surface area contributed by atoms with Gasteiger partial charge < -0.3 is 15.1 Å². The van der Waals surface area contributed by atoms with E-state index in [0.29, 0.717) is 27.7 Å². The summed E-state index contributed by atoms with van der Waals surface area (Å²) in [5.74, 6) is 1.63. The van der Waals surface area contributed by atoms with Gasteiger partial charge in [-0.05, 0) is 36.8 Å². The number of rotatable bonds is 2. The van der Waals surface area contributed by atoms with Crippen molar-refractivity contribution in [2.24, 2.45) is 17.6 Å². The van der Waals surface area contributed by atoms with Crippen molar-refractivity contribution in [3.63, 3.8) is 0 Å². The predicted octanol–water partition coefficient (Wildman–Crippen LogP) is 3.15. The first-order valence-corrected chi connectivity index (χ1v) is 9.63. The Labute approximate surface area is 154 Å². The van der Waals surface area contributed by atoms with Gasteiger partial charge in [-0.2, -0.15) is 0 Å². The van der Waals surface area contributed by atoms with Crippen molar-refractivity contribution < 1.29 is 9.21 Å². The first-order chi connectivity index (χ1) is 12.7. The summed E-state index contributed by atoms with van der Waals surface area (Å²) in [5.41, 5.74) is 6.95. The molecular weight excluding hydrogens is 350 g/mol. The van der Waals surface area contributed by atoms with Gasteiger partial charge in [-0.1, -0.05) is 29.5 Å². The molecule has 3 aromatic rings. The van der Waals surface area contributed by atoms with Gasteiger partial charge in [0.15, 0.2) is 10.8 Å². The Hall–Kier alpha value is -2.45. The zero-order chi connectivity index (χ0) is 17.7. The number of likely N-dealkylation sites (tertiary alicyclic amines) is 1. The minimum Gasteiger partial charge on any atom is -0.453 e. The number of hydrogen-bond acceptors (Lipinski definition) is 6. The lowest BCUT2D eigenvalue weighted by Gasteiger charge is -2.18. The highest BCUT2D eigenvalue weighted by molar-refractivity contribution is 7.18. The summed E-state index contributed by atoms with van der Waals surface area (Å²) >= 11 is 1.31. The number of hydrogen-bond donors (Lipinski definition) is 2. The van der Waals surface area contributed by atoms with E-state index in [1.54, 1.807) is 0 Å². The van der Waals surface area contributed by atoms with Crippen LogP contribution in [-0.4, -0.2) is 40.3 Å². The Morgan fingerprint density at radius 3 is 3.00 bits per heavy atom. The van der Waals surface area contributed by atoms with Crippen LogP contribution >= 0.6 is 11.3 Å². The largest absolute Gasteiger partial charge is 0.453 e. The zero-order valence-corrected chi connectivity index (χ0v) is 14.9. The van der Waals surface area contributed by atoms with Gasteiger partial charge in [-0.25, -0.2) is 4.79 Å². The molecule has 8 heteroatoms. The molecule has 7 nitrogen and oxygen atoms in total. The van der Waals surface area contributed by atoms with E-state index in [9.17, 15) is 4.79 Å². The maximum Gasteiger partial charge on any atom is 0.323 e. The molecule has 0 spiro atoms. The smallest absolute Gasteiger partial charge is 0.323 e. The van der Waals surface area contributed by atoms with Crippen molar-refractivity contribution in [1.82, 2.24) is 15.1 Å². The first kappa shape index (κ1) is 15.8. The van der Waals surface area contributed by atoms with E-state index in [0.717, 1.165) is 36.9 Å². The quantitative estimate of drug-likeness (QED) is 0.723. The lowest BCUT2D eigenvalue weighted by molar-refractivity contribution is 0.218. The van der Waals surface area contributed by atoms with Crippen molar-refractivity contribution in [2.45, 2.75) is 18.9 Å². The molecule has 2 fully saturated rings. The number of carbonyl (C=O) groups excluding carboxylic acids is 1. The van der Waals surface area contributed by atoms with Gasteiger partial charge in [-0.15, -0.1) is 10.2 Å². The topological polar surface area (TPSA) is 97.3 Å². The van der Waals surface area contributed by atoms with Crippen molar-refractivity contribution in [3.05, 3.63) is 30.3 Å². The number of nitrogens with two attached hydrogens (primary N) is 1. The highest BCUT2D eigenvalue weighted by Crippen LogP contribution is 2.37. The van der Waals surface area contributed by atoms with Crippen LogP contribution in [-0.2, 0) is 0 Å². The number of amides is 2. The van der Waals surface area contributed by atoms with Crippen LogP contribution in [0.2, 0.25) is 0 Å². The molecular formula is C18H19N5O2S. The summed E-state index contributed by atoms with van der Waals surface area (Å²) in [6.07, 6.45) is 2.19. The van der Waals surface area contributed by atoms with Gasteiger partial charge in [0.1, 0.15) is 5.58 Å². The van der Waals surface area contributed by atoms with Gasteiger partial charge in [0.05, 0.1) is 0 Å². The number of furan rings is 1. The summed E-state index contributed by atoms with van der Waals surface area (Å²) in [4.78, 5) is 14.4. The summed E-state index contributed by atoms with van der Waals surface area (Å²) in [6.45, 7) is 1.51. The number of nitrogens with zero attached hydrogens (tertiary/aromatic N) is 3. The zero-order valence-electron chi connectivity index (χ0n) is 14.1. The SMILES string of the molecule is NC1CCC2CN(C(=O)Nc3nnc(-c4cc5ccccc5o4)s3)CC12. The summed E-state index contributed by atoms with van der Waals surface area (Å²) < 4.78 is 5.81. The number of aromatic nitrogens is 2. The van der Waals surface area contributed by atoms with E-state index in [4.69, 9.17) is 10.2 Å². The van der Waals surface area contributed by atoms with E-state index in [-0.39, 0.29) is 12.1 Å². The molecule has 1 saturated carbocycles. The van der Waals surface area contributed by atoms with Crippen LogP contribution in [0.4, 0.5) is 9.93 Å². The molecule has 5 rings (SSSR count). The normalized spacial score (nSPS) is 25.0. The molecule has 3 unspecified atom stereocenters. The lowest BCUT2D eigenvalue weighted by atomic mass is 9.98. The minimum absolute atomic E-state index is 0.126. The third kappa shape index (κ3) is 2.65. The second kappa shape index (κ2) is 6.07. The van der Waals surface area contributed by atoms with Crippen LogP contribution in [0.25, 0.3) is 21.7 Å². The summed E-state index contributed by atoms with van der Waals surface area (Å²) in [6, 6.07) is 9.82. The monoisotopic (exact) mass is 369 g/mol. The summed E-state index contributed by atoms with van der Waals surface area (Å²) in [7, 11) is 0. The molecule has 0 radical (unpaired) electrons. The molecule has 2 amide bonds. The molecule has 3 atom stereocenters. The van der Waals surface area contributed by atoms with Crippen LogP contribution in [0.3, 0.4) is 0 Å². The highest BCUT2D eigenvalue weighted by Gasteiger charge is 2.42. The van der Waals surface area contributed by atoms with Crippen LogP contribution in [0.15, 0.2) is 34.7 Å². The van der Waals surface area contributed by atoms with E-state index < -0.39 is 0 Å². The second-order valence-electron chi connectivity index (χ2n) is 7.06. The van der Waals surface area contributed by atoms with Gasteiger partial charge in [0.25, 0.3) is 0 Å².